The van der Waals surface area contributed by atoms with Crippen LogP contribution in [0.2, 0.25) is 0 Å². The van der Waals surface area contributed by atoms with Crippen molar-refractivity contribution in [2.24, 2.45) is 0 Å². The van der Waals surface area contributed by atoms with E-state index >= 15 is 0 Å². The molecule has 2 rings (SSSR count). The SMILES string of the molecule is Cc1ccc(NCCN(C)C2CCSC2)cc1. The maximum Gasteiger partial charge on any atom is 0.0340 e. The fourth-order valence-corrected chi connectivity index (χ4v) is 3.40. The Bertz CT molecular complexity index is 331. The lowest BCUT2D eigenvalue weighted by atomic mass is 10.2. The normalized spacial score (nSPS) is 19.8. The predicted octanol–water partition coefficient (Wildman–Crippen LogP) is 2.84. The summed E-state index contributed by atoms with van der Waals surface area (Å²) in [4.78, 5) is 2.49. The van der Waals surface area contributed by atoms with Crippen molar-refractivity contribution in [3.63, 3.8) is 0 Å². The number of hydrogen-bond donors (Lipinski definition) is 1. The fourth-order valence-electron chi connectivity index (χ4n) is 2.10. The number of hydrogen-bond acceptors (Lipinski definition) is 3. The lowest BCUT2D eigenvalue weighted by molar-refractivity contribution is 0.272. The zero-order chi connectivity index (χ0) is 12.1. The first kappa shape index (κ1) is 12.8. The Balaban J connectivity index is 1.70. The summed E-state index contributed by atoms with van der Waals surface area (Å²) >= 11 is 2.08. The molecule has 2 nitrogen and oxygen atoms in total. The maximum absolute atomic E-state index is 3.48. The van der Waals surface area contributed by atoms with E-state index in [1.165, 1.54) is 29.2 Å². The van der Waals surface area contributed by atoms with Crippen LogP contribution in [0.5, 0.6) is 0 Å². The summed E-state index contributed by atoms with van der Waals surface area (Å²) in [6.45, 7) is 4.27. The molecule has 0 spiro atoms. The molecular formula is C14H22N2S. The van der Waals surface area contributed by atoms with Gasteiger partial charge in [0.15, 0.2) is 0 Å². The molecule has 0 amide bonds. The Morgan fingerprint density at radius 1 is 1.35 bits per heavy atom. The summed E-state index contributed by atoms with van der Waals surface area (Å²) < 4.78 is 0. The second-order valence-corrected chi connectivity index (χ2v) is 5.94. The van der Waals surface area contributed by atoms with Crippen LogP contribution in [0, 0.1) is 6.92 Å². The Kier molecular flexibility index (Phi) is 4.75. The standard InChI is InChI=1S/C14H22N2S/c1-12-3-5-13(6-4-12)15-8-9-16(2)14-7-10-17-11-14/h3-6,14-15H,7-11H2,1-2H3. The Labute approximate surface area is 109 Å². The van der Waals surface area contributed by atoms with Gasteiger partial charge >= 0.3 is 0 Å². The third kappa shape index (κ3) is 3.93. The lowest BCUT2D eigenvalue weighted by Crippen LogP contribution is -2.35. The molecule has 0 bridgehead atoms. The minimum atomic E-state index is 0.791. The molecule has 1 aromatic carbocycles. The zero-order valence-electron chi connectivity index (χ0n) is 10.8. The Morgan fingerprint density at radius 3 is 2.76 bits per heavy atom. The highest BCUT2D eigenvalue weighted by Gasteiger charge is 2.19. The van der Waals surface area contributed by atoms with E-state index in [1.807, 2.05) is 0 Å². The van der Waals surface area contributed by atoms with Crippen molar-refractivity contribution in [1.29, 1.82) is 0 Å². The van der Waals surface area contributed by atoms with Crippen LogP contribution in [0.3, 0.4) is 0 Å². The number of aryl methyl sites for hydroxylation is 1. The number of nitrogens with zero attached hydrogens (tertiary/aromatic N) is 1. The van der Waals surface area contributed by atoms with Crippen molar-refractivity contribution in [3.05, 3.63) is 29.8 Å². The number of anilines is 1. The molecule has 0 aromatic heterocycles. The quantitative estimate of drug-likeness (QED) is 0.865. The minimum absolute atomic E-state index is 0.791. The van der Waals surface area contributed by atoms with Gasteiger partial charge in [-0.05, 0) is 38.3 Å². The summed E-state index contributed by atoms with van der Waals surface area (Å²) in [5.41, 5.74) is 2.54. The summed E-state index contributed by atoms with van der Waals surface area (Å²) in [6.07, 6.45) is 1.35. The first-order valence-corrected chi connectivity index (χ1v) is 7.50. The predicted molar refractivity (Wildman–Crippen MR) is 78.0 cm³/mol. The molecule has 1 atom stereocenters. The minimum Gasteiger partial charge on any atom is -0.384 e. The highest BCUT2D eigenvalue weighted by Crippen LogP contribution is 2.21. The molecule has 0 aliphatic carbocycles. The van der Waals surface area contributed by atoms with Crippen molar-refractivity contribution >= 4 is 17.4 Å². The molecule has 1 saturated heterocycles. The topological polar surface area (TPSA) is 15.3 Å². The second kappa shape index (κ2) is 6.31. The van der Waals surface area contributed by atoms with Gasteiger partial charge in [-0.3, -0.25) is 0 Å². The van der Waals surface area contributed by atoms with Crippen LogP contribution in [0.25, 0.3) is 0 Å². The number of rotatable bonds is 5. The molecule has 1 aromatic rings. The lowest BCUT2D eigenvalue weighted by Gasteiger charge is -2.23. The number of nitrogens with one attached hydrogen (secondary N) is 1. The second-order valence-electron chi connectivity index (χ2n) is 4.79. The van der Waals surface area contributed by atoms with Crippen molar-refractivity contribution in [3.8, 4) is 0 Å². The van der Waals surface area contributed by atoms with Gasteiger partial charge in [-0.2, -0.15) is 11.8 Å². The molecule has 3 heteroatoms. The van der Waals surface area contributed by atoms with E-state index in [-0.39, 0.29) is 0 Å². The average Bonchev–Trinajstić information content (AvgIpc) is 2.85. The monoisotopic (exact) mass is 250 g/mol. The van der Waals surface area contributed by atoms with E-state index in [4.69, 9.17) is 0 Å². The largest absolute Gasteiger partial charge is 0.384 e. The van der Waals surface area contributed by atoms with Crippen LogP contribution in [-0.2, 0) is 0 Å². The number of benzene rings is 1. The first-order valence-electron chi connectivity index (χ1n) is 6.34. The van der Waals surface area contributed by atoms with Crippen LogP contribution in [0.4, 0.5) is 5.69 Å². The van der Waals surface area contributed by atoms with Gasteiger partial charge in [-0.1, -0.05) is 17.7 Å². The summed E-state index contributed by atoms with van der Waals surface area (Å²) in [5.74, 6) is 2.64. The van der Waals surface area contributed by atoms with E-state index in [2.05, 4.69) is 60.2 Å². The van der Waals surface area contributed by atoms with Gasteiger partial charge in [0, 0.05) is 30.6 Å². The van der Waals surface area contributed by atoms with Gasteiger partial charge in [0.05, 0.1) is 0 Å². The van der Waals surface area contributed by atoms with E-state index in [0.29, 0.717) is 0 Å². The van der Waals surface area contributed by atoms with Crippen LogP contribution in [0.1, 0.15) is 12.0 Å². The van der Waals surface area contributed by atoms with Crippen LogP contribution in [0.15, 0.2) is 24.3 Å². The summed E-state index contributed by atoms with van der Waals surface area (Å²) in [5, 5.41) is 3.48. The summed E-state index contributed by atoms with van der Waals surface area (Å²) in [7, 11) is 2.24. The maximum atomic E-state index is 3.48. The van der Waals surface area contributed by atoms with Gasteiger partial charge in [0.1, 0.15) is 0 Å². The molecule has 1 aliphatic rings. The van der Waals surface area contributed by atoms with Gasteiger partial charge in [-0.25, -0.2) is 0 Å². The molecule has 1 unspecified atom stereocenters. The third-order valence-electron chi connectivity index (χ3n) is 3.37. The molecule has 1 fully saturated rings. The Morgan fingerprint density at radius 2 is 2.12 bits per heavy atom. The van der Waals surface area contributed by atoms with E-state index in [1.54, 1.807) is 0 Å². The molecule has 0 radical (unpaired) electrons. The van der Waals surface area contributed by atoms with Crippen molar-refractivity contribution in [2.45, 2.75) is 19.4 Å². The molecular weight excluding hydrogens is 228 g/mol. The van der Waals surface area contributed by atoms with Gasteiger partial charge < -0.3 is 10.2 Å². The van der Waals surface area contributed by atoms with Gasteiger partial charge in [0.25, 0.3) is 0 Å². The van der Waals surface area contributed by atoms with E-state index in [9.17, 15) is 0 Å². The first-order chi connectivity index (χ1) is 8.25. The van der Waals surface area contributed by atoms with Crippen molar-refractivity contribution < 1.29 is 0 Å². The van der Waals surface area contributed by atoms with Crippen molar-refractivity contribution in [1.82, 2.24) is 4.90 Å². The average molecular weight is 250 g/mol. The van der Waals surface area contributed by atoms with Gasteiger partial charge in [-0.15, -0.1) is 0 Å². The van der Waals surface area contributed by atoms with Crippen LogP contribution >= 0.6 is 11.8 Å². The van der Waals surface area contributed by atoms with Crippen LogP contribution < -0.4 is 5.32 Å². The molecule has 0 saturated carbocycles. The molecule has 17 heavy (non-hydrogen) atoms. The highest BCUT2D eigenvalue weighted by atomic mass is 32.2. The van der Waals surface area contributed by atoms with Crippen LogP contribution in [-0.4, -0.2) is 42.6 Å². The molecule has 94 valence electrons. The molecule has 1 N–H and O–H groups in total. The van der Waals surface area contributed by atoms with Crippen molar-refractivity contribution in [2.75, 3.05) is 37.0 Å². The summed E-state index contributed by atoms with van der Waals surface area (Å²) in [6, 6.07) is 9.40. The highest BCUT2D eigenvalue weighted by molar-refractivity contribution is 7.99. The third-order valence-corrected chi connectivity index (χ3v) is 4.52. The fraction of sp³-hybridized carbons (Fsp3) is 0.571. The number of likely N-dealkylation sites (N-methyl/N-ethyl adjacent to an activating group) is 1. The molecule has 1 heterocycles. The van der Waals surface area contributed by atoms with E-state index in [0.717, 1.165) is 19.1 Å². The number of thioether (sulfide) groups is 1. The van der Waals surface area contributed by atoms with E-state index < -0.39 is 0 Å². The smallest absolute Gasteiger partial charge is 0.0340 e. The van der Waals surface area contributed by atoms with Gasteiger partial charge in [0.2, 0.25) is 0 Å². The zero-order valence-corrected chi connectivity index (χ0v) is 11.6. The Hall–Kier alpha value is -0.670. The molecule has 1 aliphatic heterocycles.